The molecule has 2 aliphatic carbocycles. The molecule has 2 fully saturated rings. The van der Waals surface area contributed by atoms with E-state index in [2.05, 4.69) is 56.0 Å². The third kappa shape index (κ3) is 9.39. The van der Waals surface area contributed by atoms with E-state index < -0.39 is 24.0 Å². The molecule has 0 radical (unpaired) electrons. The number of rotatable bonds is 19. The smallest absolute Gasteiger partial charge is 0.254 e. The minimum atomic E-state index is -1.37. The van der Waals surface area contributed by atoms with Gasteiger partial charge in [-0.1, -0.05) is 97.7 Å². The summed E-state index contributed by atoms with van der Waals surface area (Å²) in [6, 6.07) is 33.9. The minimum absolute atomic E-state index is 0.0766. The second-order valence-electron chi connectivity index (χ2n) is 18.3. The monoisotopic (exact) mass is 892 g/mol. The summed E-state index contributed by atoms with van der Waals surface area (Å²) in [6.45, 7) is 7.68. The molecule has 0 spiro atoms. The summed E-state index contributed by atoms with van der Waals surface area (Å²) in [4.78, 5) is 23.7. The van der Waals surface area contributed by atoms with Gasteiger partial charge in [-0.15, -0.1) is 6.58 Å². The second kappa shape index (κ2) is 21.0. The quantitative estimate of drug-likeness (QED) is 0.0478. The molecule has 10 nitrogen and oxygen atoms in total. The predicted octanol–water partition coefficient (Wildman–Crippen LogP) is 11.5. The van der Waals surface area contributed by atoms with Gasteiger partial charge >= 0.3 is 0 Å². The van der Waals surface area contributed by atoms with Crippen molar-refractivity contribution in [3.63, 3.8) is 0 Å². The number of unbranched alkanes of at least 4 members (excludes halogenated alkanes) is 2. The summed E-state index contributed by atoms with van der Waals surface area (Å²) in [5.74, 6) is 0.168. The number of carbonyl (C=O) groups is 1. The molecule has 346 valence electrons. The molecule has 1 saturated heterocycles. The van der Waals surface area contributed by atoms with E-state index in [9.17, 15) is 10.2 Å². The first-order valence-electron chi connectivity index (χ1n) is 24.3. The number of carbonyl (C=O) groups excluding carboxylic acids is 1. The Hall–Kier alpha value is -5.52. The molecule has 10 heteroatoms. The Balaban J connectivity index is 1.23. The zero-order valence-corrected chi connectivity index (χ0v) is 38.2. The van der Waals surface area contributed by atoms with Crippen LogP contribution in [-0.2, 0) is 14.3 Å². The number of aliphatic hydroxyl groups excluding tert-OH is 2. The van der Waals surface area contributed by atoms with Crippen LogP contribution >= 0.6 is 0 Å². The Morgan fingerprint density at radius 3 is 2.30 bits per heavy atom. The first-order chi connectivity index (χ1) is 32.4. The Morgan fingerprint density at radius 1 is 0.864 bits per heavy atom. The molecule has 5 aromatic carbocycles. The summed E-state index contributed by atoms with van der Waals surface area (Å²) < 4.78 is 27.5. The lowest BCUT2D eigenvalue weighted by atomic mass is 9.55. The van der Waals surface area contributed by atoms with E-state index in [0.717, 1.165) is 89.1 Å². The number of hydrogen-bond donors (Lipinski definition) is 2. The van der Waals surface area contributed by atoms with Gasteiger partial charge in [-0.25, -0.2) is 0 Å². The van der Waals surface area contributed by atoms with Crippen LogP contribution in [0.4, 0.5) is 0 Å². The van der Waals surface area contributed by atoms with E-state index in [-0.39, 0.29) is 43.5 Å². The van der Waals surface area contributed by atoms with Gasteiger partial charge in [0.15, 0.2) is 0 Å². The lowest BCUT2D eigenvalue weighted by Gasteiger charge is -2.60. The van der Waals surface area contributed by atoms with Gasteiger partial charge in [0, 0.05) is 49.6 Å². The van der Waals surface area contributed by atoms with Crippen LogP contribution in [0, 0.1) is 17.8 Å². The molecule has 2 N–H and O–H groups in total. The molecule has 66 heavy (non-hydrogen) atoms. The molecular formula is C56H64N2O8. The summed E-state index contributed by atoms with van der Waals surface area (Å²) in [5, 5.41) is 29.4. The molecule has 0 aromatic heterocycles. The van der Waals surface area contributed by atoms with E-state index in [0.29, 0.717) is 55.9 Å². The number of ether oxygens (including phenoxy) is 4. The lowest BCUT2D eigenvalue weighted by molar-refractivity contribution is -0.254. The minimum Gasteiger partial charge on any atom is -0.459 e. The molecule has 7 atom stereocenters. The van der Waals surface area contributed by atoms with Crippen LogP contribution in [0.1, 0.15) is 99.4 Å². The highest BCUT2D eigenvalue weighted by Crippen LogP contribution is 2.62. The largest absolute Gasteiger partial charge is 0.459 e. The van der Waals surface area contributed by atoms with Gasteiger partial charge in [0.05, 0.1) is 24.8 Å². The number of fused-ring (bicyclic) bond motifs is 4. The van der Waals surface area contributed by atoms with Crippen LogP contribution in [0.25, 0.3) is 21.5 Å². The first-order valence-corrected chi connectivity index (χ1v) is 24.3. The molecule has 1 unspecified atom stereocenters. The predicted molar refractivity (Wildman–Crippen MR) is 259 cm³/mol. The fourth-order valence-electron chi connectivity index (χ4n) is 11.1. The van der Waals surface area contributed by atoms with E-state index in [1.807, 2.05) is 71.6 Å². The molecule has 0 bridgehead atoms. The molecule has 9 rings (SSSR count). The van der Waals surface area contributed by atoms with Crippen molar-refractivity contribution in [1.29, 1.82) is 0 Å². The van der Waals surface area contributed by atoms with Crippen molar-refractivity contribution < 1.29 is 38.8 Å². The van der Waals surface area contributed by atoms with Crippen molar-refractivity contribution in [3.8, 4) is 17.2 Å². The summed E-state index contributed by atoms with van der Waals surface area (Å²) in [5.41, 5.74) is 3.34. The number of benzene rings is 5. The Bertz CT molecular complexity index is 2550. The van der Waals surface area contributed by atoms with Crippen molar-refractivity contribution in [2.24, 2.45) is 22.9 Å². The number of nitrogens with zero attached hydrogens (tertiary/aromatic N) is 2. The van der Waals surface area contributed by atoms with Gasteiger partial charge in [-0.3, -0.25) is 4.79 Å². The molecule has 5 aromatic rings. The highest BCUT2D eigenvalue weighted by atomic mass is 16.8. The van der Waals surface area contributed by atoms with Crippen molar-refractivity contribution in [3.05, 3.63) is 139 Å². The van der Waals surface area contributed by atoms with Gasteiger partial charge < -0.3 is 38.9 Å². The van der Waals surface area contributed by atoms with E-state index in [1.165, 1.54) is 0 Å². The fourth-order valence-corrected chi connectivity index (χ4v) is 11.1. The van der Waals surface area contributed by atoms with Gasteiger partial charge in [-0.05, 0) is 126 Å². The molecule has 4 aliphatic rings. The fraction of sp³-hybridized carbons (Fsp3) is 0.429. The Morgan fingerprint density at radius 2 is 1.58 bits per heavy atom. The number of aliphatic hydroxyl groups is 2. The zero-order valence-electron chi connectivity index (χ0n) is 38.2. The highest BCUT2D eigenvalue weighted by molar-refractivity contribution is 6.04. The van der Waals surface area contributed by atoms with Gasteiger partial charge in [-0.2, -0.15) is 0 Å². The molecule has 1 saturated carbocycles. The molecule has 2 aliphatic heterocycles. The van der Waals surface area contributed by atoms with Crippen molar-refractivity contribution >= 4 is 33.2 Å². The van der Waals surface area contributed by atoms with Crippen LogP contribution in [0.5, 0.6) is 17.2 Å². The molecular weight excluding hydrogens is 829 g/mol. The number of hydrogen-bond acceptors (Lipinski definition) is 9. The van der Waals surface area contributed by atoms with E-state index >= 15 is 4.79 Å². The topological polar surface area (TPSA) is 119 Å². The normalized spacial score (nSPS) is 25.1. The van der Waals surface area contributed by atoms with E-state index in [1.54, 1.807) is 6.08 Å². The first kappa shape index (κ1) is 45.6. The summed E-state index contributed by atoms with van der Waals surface area (Å²) in [7, 11) is 0. The Labute approximate surface area is 388 Å². The maximum absolute atomic E-state index is 15.3. The third-order valence-electron chi connectivity index (χ3n) is 14.1. The van der Waals surface area contributed by atoms with Crippen molar-refractivity contribution in [2.75, 3.05) is 33.0 Å². The third-order valence-corrected chi connectivity index (χ3v) is 14.1. The number of amides is 1. The maximum atomic E-state index is 15.3. The highest BCUT2D eigenvalue weighted by Gasteiger charge is 2.65. The Kier molecular flexibility index (Phi) is 14.5. The SMILES string of the molecule is C=CCO[C@@]12Oc3ccc(Oc4ccc5ccccc5c4)cc3[C@H]3[C@H](CCCCO)[C@@H](CCCCO)C=C(C(=NOC4CCCCO4)C[C@@H]1N(CCC)C(=O)c1ccc4ccccc4c1)[C@H]32. The van der Waals surface area contributed by atoms with Crippen LogP contribution < -0.4 is 9.47 Å². The van der Waals surface area contributed by atoms with E-state index in [4.69, 9.17) is 28.9 Å². The second-order valence-corrected chi connectivity index (χ2v) is 18.3. The maximum Gasteiger partial charge on any atom is 0.254 e. The van der Waals surface area contributed by atoms with Gasteiger partial charge in [0.25, 0.3) is 5.91 Å². The standard InChI is InChI=1S/C56H64N2O8/c1-3-28-58(55(61)43-23-22-38-15-5-7-17-40(38)33-43)51-37-49(57-66-52-21-11-14-32-62-52)47-35-42(19-9-12-29-59)46(20-10-13-30-60)53-48-36-45(64-44-25-24-39-16-6-8-18-41(39)34-44)26-27-50(48)65-56(51,54(47)53)63-31-4-2/h4-8,15-18,22-27,33-36,42,46,51-54,59-60H,2-3,9-14,19-21,28-32,37H2,1H3/t42-,46+,51-,52?,53+,54+,56+/m0/s1. The zero-order chi connectivity index (χ0) is 45.5. The summed E-state index contributed by atoms with van der Waals surface area (Å²) >= 11 is 0. The van der Waals surface area contributed by atoms with Crippen molar-refractivity contribution in [1.82, 2.24) is 4.90 Å². The van der Waals surface area contributed by atoms with Crippen LogP contribution in [0.2, 0.25) is 0 Å². The van der Waals surface area contributed by atoms with Crippen molar-refractivity contribution in [2.45, 2.75) is 102 Å². The lowest BCUT2D eigenvalue weighted by Crippen LogP contribution is -2.70. The van der Waals surface area contributed by atoms with Crippen LogP contribution in [0.15, 0.2) is 133 Å². The number of allylic oxidation sites excluding steroid dienone is 1. The van der Waals surface area contributed by atoms with Gasteiger partial charge in [0.2, 0.25) is 12.1 Å². The summed E-state index contributed by atoms with van der Waals surface area (Å²) in [6.07, 6.45) is 12.1. The molecule has 2 heterocycles. The average molecular weight is 893 g/mol. The van der Waals surface area contributed by atoms with Gasteiger partial charge in [0.1, 0.15) is 23.3 Å². The number of oxime groups is 1. The average Bonchev–Trinajstić information content (AvgIpc) is 3.35. The molecule has 1 amide bonds. The van der Waals surface area contributed by atoms with Crippen LogP contribution in [0.3, 0.4) is 0 Å². The van der Waals surface area contributed by atoms with Crippen LogP contribution in [-0.4, -0.2) is 77.8 Å².